The van der Waals surface area contributed by atoms with Gasteiger partial charge in [-0.1, -0.05) is 15.9 Å². The highest BCUT2D eigenvalue weighted by molar-refractivity contribution is 9.10. The monoisotopic (exact) mass is 264 g/mol. The van der Waals surface area contributed by atoms with Gasteiger partial charge in [-0.2, -0.15) is 11.8 Å². The average Bonchev–Trinajstić information content (AvgIpc) is 2.11. The van der Waals surface area contributed by atoms with Crippen molar-refractivity contribution in [3.63, 3.8) is 0 Å². The van der Waals surface area contributed by atoms with Crippen LogP contribution in [-0.2, 0) is 5.75 Å². The van der Waals surface area contributed by atoms with Crippen LogP contribution in [0, 0.1) is 5.82 Å². The molecule has 13 heavy (non-hydrogen) atoms. The van der Waals surface area contributed by atoms with Crippen molar-refractivity contribution >= 4 is 27.7 Å². The quantitative estimate of drug-likeness (QED) is 0.845. The average molecular weight is 265 g/mol. The summed E-state index contributed by atoms with van der Waals surface area (Å²) in [5.74, 6) is 1.06. The van der Waals surface area contributed by atoms with Crippen LogP contribution in [0.5, 0.6) is 0 Å². The molecule has 1 nitrogen and oxygen atoms in total. The smallest absolute Gasteiger partial charge is 0.127 e. The summed E-state index contributed by atoms with van der Waals surface area (Å²) in [7, 11) is 0. The maximum atomic E-state index is 13.1. The van der Waals surface area contributed by atoms with Crippen molar-refractivity contribution in [3.8, 4) is 0 Å². The number of benzene rings is 1. The van der Waals surface area contributed by atoms with Crippen LogP contribution in [0.25, 0.3) is 0 Å². The lowest BCUT2D eigenvalue weighted by molar-refractivity contribution is 0.322. The highest BCUT2D eigenvalue weighted by Gasteiger charge is 2.02. The van der Waals surface area contributed by atoms with Gasteiger partial charge in [0.2, 0.25) is 0 Å². The predicted molar refractivity (Wildman–Crippen MR) is 57.3 cm³/mol. The summed E-state index contributed by atoms with van der Waals surface area (Å²) < 4.78 is 14.0. The normalized spacial score (nSPS) is 10.4. The lowest BCUT2D eigenvalue weighted by atomic mass is 10.2. The second-order valence-corrected chi connectivity index (χ2v) is 4.53. The summed E-state index contributed by atoms with van der Waals surface area (Å²) in [6.07, 6.45) is 0. The number of rotatable bonds is 4. The number of hydrogen-bond donors (Lipinski definition) is 1. The molecule has 1 rings (SSSR count). The number of aliphatic hydroxyl groups excluding tert-OH is 1. The summed E-state index contributed by atoms with van der Waals surface area (Å²) in [5, 5.41) is 8.54. The first-order chi connectivity index (χ1) is 6.24. The fourth-order valence-corrected chi connectivity index (χ4v) is 2.02. The maximum Gasteiger partial charge on any atom is 0.127 e. The van der Waals surface area contributed by atoms with Gasteiger partial charge in [-0.25, -0.2) is 4.39 Å². The lowest BCUT2D eigenvalue weighted by Gasteiger charge is -2.02. The third-order valence-corrected chi connectivity index (χ3v) is 2.98. The lowest BCUT2D eigenvalue weighted by Crippen LogP contribution is -1.91. The molecule has 4 heteroatoms. The van der Waals surface area contributed by atoms with E-state index < -0.39 is 0 Å². The molecule has 0 fully saturated rings. The van der Waals surface area contributed by atoms with E-state index in [1.165, 1.54) is 17.8 Å². The van der Waals surface area contributed by atoms with E-state index in [9.17, 15) is 4.39 Å². The maximum absolute atomic E-state index is 13.1. The zero-order valence-electron chi connectivity index (χ0n) is 6.96. The van der Waals surface area contributed by atoms with E-state index in [1.54, 1.807) is 12.1 Å². The third kappa shape index (κ3) is 3.67. The van der Waals surface area contributed by atoms with E-state index in [0.29, 0.717) is 17.1 Å². The molecular weight excluding hydrogens is 255 g/mol. The van der Waals surface area contributed by atoms with Crippen molar-refractivity contribution in [3.05, 3.63) is 34.1 Å². The standard InChI is InChI=1S/C9H10BrFOS/c10-8-1-2-9(11)7(5-8)6-13-4-3-12/h1-2,5,12H,3-4,6H2. The first kappa shape index (κ1) is 11.0. The first-order valence-corrected chi connectivity index (χ1v) is 5.81. The molecule has 0 aliphatic heterocycles. The van der Waals surface area contributed by atoms with E-state index in [0.717, 1.165) is 4.47 Å². The van der Waals surface area contributed by atoms with Gasteiger partial charge in [0.05, 0.1) is 6.61 Å². The molecule has 0 saturated heterocycles. The van der Waals surface area contributed by atoms with Crippen LogP contribution in [0.2, 0.25) is 0 Å². The largest absolute Gasteiger partial charge is 0.396 e. The second kappa shape index (κ2) is 5.62. The first-order valence-electron chi connectivity index (χ1n) is 3.86. The highest BCUT2D eigenvalue weighted by Crippen LogP contribution is 2.19. The molecule has 0 heterocycles. The van der Waals surface area contributed by atoms with Crippen molar-refractivity contribution in [2.24, 2.45) is 0 Å². The molecule has 0 aromatic heterocycles. The van der Waals surface area contributed by atoms with E-state index >= 15 is 0 Å². The molecule has 1 aromatic rings. The van der Waals surface area contributed by atoms with Crippen molar-refractivity contribution < 1.29 is 9.50 Å². The Morgan fingerprint density at radius 3 is 2.92 bits per heavy atom. The van der Waals surface area contributed by atoms with Gasteiger partial charge in [-0.3, -0.25) is 0 Å². The summed E-state index contributed by atoms with van der Waals surface area (Å²) >= 11 is 4.80. The van der Waals surface area contributed by atoms with E-state index in [1.807, 2.05) is 0 Å². The van der Waals surface area contributed by atoms with Gasteiger partial charge in [-0.05, 0) is 23.8 Å². The minimum absolute atomic E-state index is 0.139. The van der Waals surface area contributed by atoms with Gasteiger partial charge < -0.3 is 5.11 Å². The molecule has 0 saturated carbocycles. The number of halogens is 2. The molecular formula is C9H10BrFOS. The second-order valence-electron chi connectivity index (χ2n) is 2.51. The van der Waals surface area contributed by atoms with Crippen LogP contribution in [0.15, 0.2) is 22.7 Å². The van der Waals surface area contributed by atoms with Crippen molar-refractivity contribution in [1.29, 1.82) is 0 Å². The molecule has 72 valence electrons. The Morgan fingerprint density at radius 1 is 1.46 bits per heavy atom. The summed E-state index contributed by atoms with van der Waals surface area (Å²) in [6.45, 7) is 0.139. The van der Waals surface area contributed by atoms with E-state index in [2.05, 4.69) is 15.9 Å². The Bertz CT molecular complexity index is 280. The highest BCUT2D eigenvalue weighted by atomic mass is 79.9. The number of aliphatic hydroxyl groups is 1. The van der Waals surface area contributed by atoms with E-state index in [4.69, 9.17) is 5.11 Å². The Morgan fingerprint density at radius 2 is 2.23 bits per heavy atom. The van der Waals surface area contributed by atoms with Crippen LogP contribution in [0.3, 0.4) is 0 Å². The zero-order valence-corrected chi connectivity index (χ0v) is 9.37. The molecule has 0 amide bonds. The van der Waals surface area contributed by atoms with Gasteiger partial charge in [0.15, 0.2) is 0 Å². The Kier molecular flexibility index (Phi) is 4.77. The third-order valence-electron chi connectivity index (χ3n) is 1.50. The molecule has 0 aliphatic rings. The number of hydrogen-bond acceptors (Lipinski definition) is 2. The molecule has 0 bridgehead atoms. The van der Waals surface area contributed by atoms with Crippen LogP contribution < -0.4 is 0 Å². The molecule has 1 N–H and O–H groups in total. The fraction of sp³-hybridized carbons (Fsp3) is 0.333. The molecule has 0 atom stereocenters. The van der Waals surface area contributed by atoms with Gasteiger partial charge in [0, 0.05) is 16.0 Å². The molecule has 0 unspecified atom stereocenters. The van der Waals surface area contributed by atoms with Crippen LogP contribution >= 0.6 is 27.7 Å². The van der Waals surface area contributed by atoms with Crippen molar-refractivity contribution in [1.82, 2.24) is 0 Å². The molecule has 0 spiro atoms. The predicted octanol–water partition coefficient (Wildman–Crippen LogP) is 2.81. The molecule has 1 aromatic carbocycles. The van der Waals surface area contributed by atoms with E-state index in [-0.39, 0.29) is 12.4 Å². The van der Waals surface area contributed by atoms with Gasteiger partial charge in [-0.15, -0.1) is 0 Å². The van der Waals surface area contributed by atoms with Crippen molar-refractivity contribution in [2.75, 3.05) is 12.4 Å². The SMILES string of the molecule is OCCSCc1cc(Br)ccc1F. The van der Waals surface area contributed by atoms with Gasteiger partial charge >= 0.3 is 0 Å². The topological polar surface area (TPSA) is 20.2 Å². The minimum Gasteiger partial charge on any atom is -0.396 e. The summed E-state index contributed by atoms with van der Waals surface area (Å²) in [4.78, 5) is 0. The molecule has 0 aliphatic carbocycles. The summed E-state index contributed by atoms with van der Waals surface area (Å²) in [6, 6.07) is 4.88. The number of thioether (sulfide) groups is 1. The summed E-state index contributed by atoms with van der Waals surface area (Å²) in [5.41, 5.74) is 0.674. The Hall–Kier alpha value is -0.0600. The van der Waals surface area contributed by atoms with Crippen molar-refractivity contribution in [2.45, 2.75) is 5.75 Å². The zero-order chi connectivity index (χ0) is 9.68. The Balaban J connectivity index is 2.59. The van der Waals surface area contributed by atoms with Gasteiger partial charge in [0.1, 0.15) is 5.82 Å². The van der Waals surface area contributed by atoms with Crippen LogP contribution in [0.4, 0.5) is 4.39 Å². The fourth-order valence-electron chi connectivity index (χ4n) is 0.901. The van der Waals surface area contributed by atoms with Crippen LogP contribution in [-0.4, -0.2) is 17.5 Å². The Labute approximate surface area is 89.5 Å². The van der Waals surface area contributed by atoms with Gasteiger partial charge in [0.25, 0.3) is 0 Å². The van der Waals surface area contributed by atoms with Crippen LogP contribution in [0.1, 0.15) is 5.56 Å². The minimum atomic E-state index is -0.186. The molecule has 0 radical (unpaired) electrons.